The monoisotopic (exact) mass is 434 g/mol. The summed E-state index contributed by atoms with van der Waals surface area (Å²) in [4.78, 5) is 16.8. The molecule has 0 atom stereocenters. The van der Waals surface area contributed by atoms with Crippen LogP contribution in [0.25, 0.3) is 11.4 Å². The Morgan fingerprint density at radius 2 is 1.74 bits per heavy atom. The van der Waals surface area contributed by atoms with Gasteiger partial charge in [-0.3, -0.25) is 4.79 Å². The van der Waals surface area contributed by atoms with Crippen LogP contribution in [0.2, 0.25) is 5.02 Å². The van der Waals surface area contributed by atoms with Gasteiger partial charge in [-0.15, -0.1) is 5.10 Å². The van der Waals surface area contributed by atoms with Gasteiger partial charge in [0.2, 0.25) is 5.82 Å². The highest BCUT2D eigenvalue weighted by Gasteiger charge is 2.15. The van der Waals surface area contributed by atoms with Crippen LogP contribution < -0.4 is 5.32 Å². The van der Waals surface area contributed by atoms with Gasteiger partial charge in [-0.25, -0.2) is 14.3 Å². The third kappa shape index (κ3) is 4.83. The quantitative estimate of drug-likeness (QED) is 0.444. The van der Waals surface area contributed by atoms with Gasteiger partial charge in [-0.05, 0) is 68.7 Å². The molecule has 0 saturated heterocycles. The van der Waals surface area contributed by atoms with Crippen LogP contribution >= 0.6 is 11.6 Å². The van der Waals surface area contributed by atoms with Gasteiger partial charge in [0, 0.05) is 17.8 Å². The van der Waals surface area contributed by atoms with Crippen LogP contribution in [0, 0.1) is 13.8 Å². The Morgan fingerprint density at radius 3 is 2.48 bits per heavy atom. The van der Waals surface area contributed by atoms with Crippen LogP contribution in [0.5, 0.6) is 0 Å². The number of nitrogens with one attached hydrogen (secondary N) is 1. The summed E-state index contributed by atoms with van der Waals surface area (Å²) in [6.45, 7) is 4.35. The second-order valence-electron chi connectivity index (χ2n) is 7.25. The molecule has 0 unspecified atom stereocenters. The van der Waals surface area contributed by atoms with Crippen molar-refractivity contribution in [1.29, 1.82) is 0 Å². The highest BCUT2D eigenvalue weighted by Crippen LogP contribution is 2.15. The molecule has 4 rings (SSSR count). The van der Waals surface area contributed by atoms with E-state index in [0.29, 0.717) is 17.4 Å². The Bertz CT molecular complexity index is 1180. The lowest BCUT2D eigenvalue weighted by Crippen LogP contribution is -2.26. The molecule has 7 nitrogen and oxygen atoms in total. The van der Waals surface area contributed by atoms with Crippen molar-refractivity contribution in [3.8, 4) is 11.4 Å². The Balaban J connectivity index is 1.33. The normalized spacial score (nSPS) is 10.9. The van der Waals surface area contributed by atoms with Gasteiger partial charge in [-0.1, -0.05) is 29.8 Å². The summed E-state index contributed by atoms with van der Waals surface area (Å²) in [6.07, 6.45) is 3.67. The Hall–Kier alpha value is -3.45. The molecule has 158 valence electrons. The number of amides is 1. The van der Waals surface area contributed by atoms with E-state index in [9.17, 15) is 4.79 Å². The summed E-state index contributed by atoms with van der Waals surface area (Å²) in [5.41, 5.74) is 4.00. The molecule has 0 aliphatic heterocycles. The van der Waals surface area contributed by atoms with E-state index in [0.717, 1.165) is 29.9 Å². The number of para-hydroxylation sites is 1. The van der Waals surface area contributed by atoms with Gasteiger partial charge in [0.25, 0.3) is 5.91 Å². The molecule has 1 amide bonds. The largest absolute Gasteiger partial charge is 0.349 e. The number of benzene rings is 2. The van der Waals surface area contributed by atoms with E-state index >= 15 is 0 Å². The predicted octanol–water partition coefficient (Wildman–Crippen LogP) is 4.09. The average molecular weight is 435 g/mol. The number of nitrogens with zero attached hydrogens (tertiary/aromatic N) is 5. The molecule has 0 aliphatic carbocycles. The van der Waals surface area contributed by atoms with Crippen molar-refractivity contribution in [3.63, 3.8) is 0 Å². The molecular weight excluding hydrogens is 412 g/mol. The Labute approximate surface area is 185 Å². The summed E-state index contributed by atoms with van der Waals surface area (Å²) in [6, 6.07) is 17.2. The van der Waals surface area contributed by atoms with E-state index in [1.807, 2.05) is 67.2 Å². The fourth-order valence-electron chi connectivity index (χ4n) is 3.33. The summed E-state index contributed by atoms with van der Waals surface area (Å²) in [7, 11) is 0. The van der Waals surface area contributed by atoms with E-state index in [-0.39, 0.29) is 11.7 Å². The maximum atomic E-state index is 12.5. The summed E-state index contributed by atoms with van der Waals surface area (Å²) >= 11 is 5.94. The highest BCUT2D eigenvalue weighted by atomic mass is 35.5. The molecule has 0 spiro atoms. The van der Waals surface area contributed by atoms with E-state index in [2.05, 4.69) is 20.5 Å². The van der Waals surface area contributed by atoms with E-state index in [4.69, 9.17) is 11.6 Å². The number of carbonyl (C=O) groups is 1. The number of aromatic nitrogens is 5. The molecule has 0 bridgehead atoms. The first-order chi connectivity index (χ1) is 15.0. The van der Waals surface area contributed by atoms with Gasteiger partial charge in [0.1, 0.15) is 5.82 Å². The van der Waals surface area contributed by atoms with Crippen LogP contribution in [0.1, 0.15) is 34.1 Å². The number of rotatable bonds is 7. The molecular formula is C23H23ClN6O. The van der Waals surface area contributed by atoms with Crippen molar-refractivity contribution in [2.45, 2.75) is 26.7 Å². The molecule has 0 fully saturated rings. The molecule has 0 saturated carbocycles. The lowest BCUT2D eigenvalue weighted by atomic mass is 10.1. The van der Waals surface area contributed by atoms with Crippen molar-refractivity contribution in [2.24, 2.45) is 0 Å². The zero-order chi connectivity index (χ0) is 21.8. The molecule has 0 aliphatic rings. The van der Waals surface area contributed by atoms with Gasteiger partial charge in [-0.2, -0.15) is 5.10 Å². The van der Waals surface area contributed by atoms with E-state index < -0.39 is 0 Å². The molecule has 8 heteroatoms. The first-order valence-electron chi connectivity index (χ1n) is 10.1. The number of hydrogen-bond donors (Lipinski definition) is 1. The van der Waals surface area contributed by atoms with Crippen molar-refractivity contribution in [3.05, 3.63) is 88.7 Å². The number of aryl methyl sites for hydroxylation is 3. The maximum Gasteiger partial charge on any atom is 0.290 e. The third-order valence-corrected chi connectivity index (χ3v) is 5.22. The molecule has 4 aromatic rings. The lowest BCUT2D eigenvalue weighted by molar-refractivity contribution is 0.0943. The summed E-state index contributed by atoms with van der Waals surface area (Å²) in [5.74, 6) is 0.504. The van der Waals surface area contributed by atoms with E-state index in [1.165, 1.54) is 5.56 Å². The summed E-state index contributed by atoms with van der Waals surface area (Å²) < 4.78 is 3.52. The van der Waals surface area contributed by atoms with Crippen LogP contribution in [0.4, 0.5) is 0 Å². The van der Waals surface area contributed by atoms with Crippen LogP contribution in [0.3, 0.4) is 0 Å². The number of halogens is 1. The van der Waals surface area contributed by atoms with Crippen molar-refractivity contribution in [1.82, 2.24) is 29.9 Å². The van der Waals surface area contributed by atoms with Crippen LogP contribution in [0.15, 0.2) is 60.8 Å². The molecule has 0 radical (unpaired) electrons. The van der Waals surface area contributed by atoms with Crippen molar-refractivity contribution in [2.75, 3.05) is 6.54 Å². The van der Waals surface area contributed by atoms with Crippen molar-refractivity contribution < 1.29 is 4.79 Å². The number of carbonyl (C=O) groups excluding carboxylic acids is 1. The first kappa shape index (κ1) is 20.8. The van der Waals surface area contributed by atoms with Gasteiger partial charge < -0.3 is 5.32 Å². The van der Waals surface area contributed by atoms with Crippen LogP contribution in [-0.2, 0) is 6.42 Å². The minimum atomic E-state index is -0.285. The molecule has 1 N–H and O–H groups in total. The average Bonchev–Trinajstić information content (AvgIpc) is 3.35. The minimum Gasteiger partial charge on any atom is -0.349 e. The molecule has 2 heterocycles. The van der Waals surface area contributed by atoms with Gasteiger partial charge >= 0.3 is 0 Å². The summed E-state index contributed by atoms with van der Waals surface area (Å²) in [5, 5.41) is 12.5. The molecule has 2 aromatic heterocycles. The molecule has 2 aromatic carbocycles. The lowest BCUT2D eigenvalue weighted by Gasteiger charge is -2.03. The van der Waals surface area contributed by atoms with Gasteiger partial charge in [0.05, 0.1) is 17.1 Å². The second-order valence-corrected chi connectivity index (χ2v) is 7.69. The topological polar surface area (TPSA) is 77.6 Å². The van der Waals surface area contributed by atoms with Crippen molar-refractivity contribution >= 4 is 17.5 Å². The third-order valence-electron chi connectivity index (χ3n) is 4.97. The van der Waals surface area contributed by atoms with Crippen LogP contribution in [-0.4, -0.2) is 37.0 Å². The maximum absolute atomic E-state index is 12.5. The predicted molar refractivity (Wildman–Crippen MR) is 120 cm³/mol. The highest BCUT2D eigenvalue weighted by molar-refractivity contribution is 6.30. The van der Waals surface area contributed by atoms with Gasteiger partial charge in [0.15, 0.2) is 0 Å². The second kappa shape index (κ2) is 9.14. The first-order valence-corrected chi connectivity index (χ1v) is 10.5. The fourth-order valence-corrected chi connectivity index (χ4v) is 3.45. The Morgan fingerprint density at radius 1 is 1.00 bits per heavy atom. The molecule has 31 heavy (non-hydrogen) atoms. The smallest absolute Gasteiger partial charge is 0.290 e. The zero-order valence-corrected chi connectivity index (χ0v) is 18.2. The Kier molecular flexibility index (Phi) is 6.13. The zero-order valence-electron chi connectivity index (χ0n) is 17.4. The standard InChI is InChI=1S/C23H23ClN6O/c1-16-18(15-29(27-16)20-8-4-3-5-9-20)7-6-14-25-23(31)22-26-17(2)30(28-22)21-12-10-19(24)11-13-21/h3-5,8-13,15H,6-7,14H2,1-2H3,(H,25,31). The number of hydrogen-bond acceptors (Lipinski definition) is 4. The fraction of sp³-hybridized carbons (Fsp3) is 0.217. The minimum absolute atomic E-state index is 0.153. The SMILES string of the molecule is Cc1nn(-c2ccccc2)cc1CCCNC(=O)c1nc(C)n(-c2ccc(Cl)cc2)n1. The van der Waals surface area contributed by atoms with E-state index in [1.54, 1.807) is 16.8 Å².